The third-order valence-corrected chi connectivity index (χ3v) is 2.54. The molecule has 100 valence electrons. The molecule has 0 atom stereocenters. The topological polar surface area (TPSA) is 75.0 Å². The molecule has 1 aromatic heterocycles. The third-order valence-electron chi connectivity index (χ3n) is 2.54. The standard InChI is InChI=1S/C14H10FN3O2/c1-20-13-6-10(15)3-5-11(13)18-14(19)12-4-2-9(7-16)8-17-12/h2-6,8H,1H3,(H,18,19). The van der Waals surface area contributed by atoms with E-state index in [-0.39, 0.29) is 11.4 Å². The van der Waals surface area contributed by atoms with Gasteiger partial charge in [-0.1, -0.05) is 0 Å². The van der Waals surface area contributed by atoms with E-state index in [0.29, 0.717) is 11.3 Å². The van der Waals surface area contributed by atoms with Crippen LogP contribution in [0, 0.1) is 17.1 Å². The highest BCUT2D eigenvalue weighted by atomic mass is 19.1. The smallest absolute Gasteiger partial charge is 0.274 e. The van der Waals surface area contributed by atoms with Gasteiger partial charge >= 0.3 is 0 Å². The third kappa shape index (κ3) is 2.90. The van der Waals surface area contributed by atoms with Crippen molar-refractivity contribution in [2.45, 2.75) is 0 Å². The molecular weight excluding hydrogens is 261 g/mol. The van der Waals surface area contributed by atoms with E-state index < -0.39 is 11.7 Å². The number of methoxy groups -OCH3 is 1. The van der Waals surface area contributed by atoms with Crippen molar-refractivity contribution in [1.29, 1.82) is 5.26 Å². The molecular formula is C14H10FN3O2. The Morgan fingerprint density at radius 3 is 2.80 bits per heavy atom. The van der Waals surface area contributed by atoms with E-state index >= 15 is 0 Å². The molecule has 1 aromatic carbocycles. The fourth-order valence-corrected chi connectivity index (χ4v) is 1.55. The van der Waals surface area contributed by atoms with Crippen LogP contribution in [-0.4, -0.2) is 18.0 Å². The van der Waals surface area contributed by atoms with Crippen LogP contribution >= 0.6 is 0 Å². The quantitative estimate of drug-likeness (QED) is 0.929. The average Bonchev–Trinajstić information content (AvgIpc) is 2.49. The Hall–Kier alpha value is -2.94. The zero-order valence-electron chi connectivity index (χ0n) is 10.6. The number of nitriles is 1. The second-order valence-corrected chi connectivity index (χ2v) is 3.84. The molecule has 0 saturated heterocycles. The zero-order chi connectivity index (χ0) is 14.5. The van der Waals surface area contributed by atoms with Crippen LogP contribution in [0.25, 0.3) is 0 Å². The van der Waals surface area contributed by atoms with Crippen LogP contribution in [-0.2, 0) is 0 Å². The van der Waals surface area contributed by atoms with E-state index in [1.54, 1.807) is 0 Å². The number of aromatic nitrogens is 1. The van der Waals surface area contributed by atoms with Gasteiger partial charge in [0, 0.05) is 12.3 Å². The Morgan fingerprint density at radius 2 is 2.20 bits per heavy atom. The van der Waals surface area contributed by atoms with Gasteiger partial charge in [-0.2, -0.15) is 5.26 Å². The van der Waals surface area contributed by atoms with Crippen LogP contribution in [0.3, 0.4) is 0 Å². The Balaban J connectivity index is 2.21. The lowest BCUT2D eigenvalue weighted by molar-refractivity contribution is 0.102. The maximum atomic E-state index is 13.0. The first-order valence-electron chi connectivity index (χ1n) is 5.65. The van der Waals surface area contributed by atoms with E-state index in [0.717, 1.165) is 0 Å². The zero-order valence-corrected chi connectivity index (χ0v) is 10.6. The number of ether oxygens (including phenoxy) is 1. The first-order valence-corrected chi connectivity index (χ1v) is 5.65. The van der Waals surface area contributed by atoms with Crippen molar-refractivity contribution in [1.82, 2.24) is 4.98 Å². The highest BCUT2D eigenvalue weighted by molar-refractivity contribution is 6.03. The summed E-state index contributed by atoms with van der Waals surface area (Å²) in [4.78, 5) is 15.8. The molecule has 1 heterocycles. The van der Waals surface area contributed by atoms with Gasteiger partial charge in [-0.25, -0.2) is 9.37 Å². The van der Waals surface area contributed by atoms with E-state index in [1.165, 1.54) is 43.6 Å². The van der Waals surface area contributed by atoms with Gasteiger partial charge in [-0.3, -0.25) is 4.79 Å². The number of nitrogens with one attached hydrogen (secondary N) is 1. The van der Waals surface area contributed by atoms with E-state index in [1.807, 2.05) is 6.07 Å². The average molecular weight is 271 g/mol. The number of carbonyl (C=O) groups is 1. The summed E-state index contributed by atoms with van der Waals surface area (Å²) in [6.07, 6.45) is 1.30. The lowest BCUT2D eigenvalue weighted by Gasteiger charge is -2.09. The molecule has 0 aliphatic rings. The van der Waals surface area contributed by atoms with Crippen LogP contribution in [0.15, 0.2) is 36.5 Å². The number of hydrogen-bond donors (Lipinski definition) is 1. The minimum atomic E-state index is -0.473. The summed E-state index contributed by atoms with van der Waals surface area (Å²) < 4.78 is 18.0. The van der Waals surface area contributed by atoms with Crippen molar-refractivity contribution < 1.29 is 13.9 Å². The van der Waals surface area contributed by atoms with Crippen LogP contribution < -0.4 is 10.1 Å². The number of carbonyl (C=O) groups excluding carboxylic acids is 1. The molecule has 6 heteroatoms. The summed E-state index contributed by atoms with van der Waals surface area (Å²) in [6, 6.07) is 8.62. The second kappa shape index (κ2) is 5.80. The number of hydrogen-bond acceptors (Lipinski definition) is 4. The summed E-state index contributed by atoms with van der Waals surface area (Å²) >= 11 is 0. The van der Waals surface area contributed by atoms with Crippen molar-refractivity contribution in [2.75, 3.05) is 12.4 Å². The minimum Gasteiger partial charge on any atom is -0.494 e. The van der Waals surface area contributed by atoms with Crippen molar-refractivity contribution in [3.8, 4) is 11.8 Å². The Morgan fingerprint density at radius 1 is 1.40 bits per heavy atom. The van der Waals surface area contributed by atoms with Gasteiger partial charge in [-0.05, 0) is 24.3 Å². The predicted molar refractivity (Wildman–Crippen MR) is 69.9 cm³/mol. The summed E-state index contributed by atoms with van der Waals surface area (Å²) in [5.41, 5.74) is 0.848. The molecule has 5 nitrogen and oxygen atoms in total. The normalized spacial score (nSPS) is 9.65. The van der Waals surface area contributed by atoms with Crippen LogP contribution in [0.4, 0.5) is 10.1 Å². The Kier molecular flexibility index (Phi) is 3.91. The number of nitrogens with zero attached hydrogens (tertiary/aromatic N) is 2. The monoisotopic (exact) mass is 271 g/mol. The van der Waals surface area contributed by atoms with E-state index in [4.69, 9.17) is 10.00 Å². The Bertz CT molecular complexity index is 678. The van der Waals surface area contributed by atoms with Crippen LogP contribution in [0.2, 0.25) is 0 Å². The van der Waals surface area contributed by atoms with E-state index in [2.05, 4.69) is 10.3 Å². The largest absolute Gasteiger partial charge is 0.494 e. The van der Waals surface area contributed by atoms with Crippen molar-refractivity contribution in [3.05, 3.63) is 53.6 Å². The van der Waals surface area contributed by atoms with Gasteiger partial charge in [0.15, 0.2) is 0 Å². The lowest BCUT2D eigenvalue weighted by Crippen LogP contribution is -2.14. The van der Waals surface area contributed by atoms with Gasteiger partial charge in [0.2, 0.25) is 0 Å². The Labute approximate surface area is 114 Å². The lowest BCUT2D eigenvalue weighted by atomic mass is 10.2. The van der Waals surface area contributed by atoms with Gasteiger partial charge < -0.3 is 10.1 Å². The number of halogens is 1. The fourth-order valence-electron chi connectivity index (χ4n) is 1.55. The highest BCUT2D eigenvalue weighted by Gasteiger charge is 2.11. The molecule has 0 aliphatic carbocycles. The molecule has 20 heavy (non-hydrogen) atoms. The van der Waals surface area contributed by atoms with Gasteiger partial charge in [0.25, 0.3) is 5.91 Å². The second-order valence-electron chi connectivity index (χ2n) is 3.84. The van der Waals surface area contributed by atoms with Crippen molar-refractivity contribution in [3.63, 3.8) is 0 Å². The summed E-state index contributed by atoms with van der Waals surface area (Å²) in [7, 11) is 1.38. The molecule has 0 aliphatic heterocycles. The van der Waals surface area contributed by atoms with E-state index in [9.17, 15) is 9.18 Å². The molecule has 2 rings (SSSR count). The predicted octanol–water partition coefficient (Wildman–Crippen LogP) is 2.35. The molecule has 0 saturated carbocycles. The maximum absolute atomic E-state index is 13.0. The van der Waals surface area contributed by atoms with Gasteiger partial charge in [-0.15, -0.1) is 0 Å². The first kappa shape index (κ1) is 13.5. The van der Waals surface area contributed by atoms with Crippen molar-refractivity contribution >= 4 is 11.6 Å². The summed E-state index contributed by atoms with van der Waals surface area (Å²) in [5.74, 6) is -0.720. The summed E-state index contributed by atoms with van der Waals surface area (Å²) in [5, 5.41) is 11.2. The number of benzene rings is 1. The highest BCUT2D eigenvalue weighted by Crippen LogP contribution is 2.25. The molecule has 0 fully saturated rings. The van der Waals surface area contributed by atoms with Crippen molar-refractivity contribution in [2.24, 2.45) is 0 Å². The molecule has 0 bridgehead atoms. The number of amides is 1. The maximum Gasteiger partial charge on any atom is 0.274 e. The number of pyridine rings is 1. The van der Waals surface area contributed by atoms with Gasteiger partial charge in [0.05, 0.1) is 18.4 Å². The van der Waals surface area contributed by atoms with Crippen LogP contribution in [0.1, 0.15) is 16.1 Å². The number of anilines is 1. The first-order chi connectivity index (χ1) is 9.63. The van der Waals surface area contributed by atoms with Gasteiger partial charge in [0.1, 0.15) is 23.3 Å². The fraction of sp³-hybridized carbons (Fsp3) is 0.0714. The molecule has 0 spiro atoms. The van der Waals surface area contributed by atoms with Crippen LogP contribution in [0.5, 0.6) is 5.75 Å². The molecule has 0 unspecified atom stereocenters. The molecule has 2 aromatic rings. The SMILES string of the molecule is COc1cc(F)ccc1NC(=O)c1ccc(C#N)cn1. The minimum absolute atomic E-state index is 0.148. The molecule has 1 N–H and O–H groups in total. The molecule has 1 amide bonds. The number of rotatable bonds is 3. The summed E-state index contributed by atoms with van der Waals surface area (Å²) in [6.45, 7) is 0. The molecule has 0 radical (unpaired) electrons.